The Morgan fingerprint density at radius 2 is 1.82 bits per heavy atom. The summed E-state index contributed by atoms with van der Waals surface area (Å²) in [5, 5.41) is 0. The van der Waals surface area contributed by atoms with Crippen molar-refractivity contribution < 1.29 is 23.7 Å². The molecule has 194 valence electrons. The highest BCUT2D eigenvalue weighted by Crippen LogP contribution is 2.32. The Morgan fingerprint density at radius 1 is 1.15 bits per heavy atom. The molecule has 8 heteroatoms. The van der Waals surface area contributed by atoms with Crippen LogP contribution in [0.2, 0.25) is 25.7 Å². The number of rotatable bonds is 11. The predicted octanol–water partition coefficient (Wildman–Crippen LogP) is 7.02. The van der Waals surface area contributed by atoms with Gasteiger partial charge in [-0.25, -0.2) is 4.79 Å². The molecule has 0 aliphatic carbocycles. The van der Waals surface area contributed by atoms with Crippen molar-refractivity contribution in [2.75, 3.05) is 33.1 Å². The summed E-state index contributed by atoms with van der Waals surface area (Å²) < 4.78 is 24.8. The molecule has 0 spiro atoms. The third-order valence-electron chi connectivity index (χ3n) is 5.95. The van der Waals surface area contributed by atoms with Gasteiger partial charge in [0.15, 0.2) is 0 Å². The van der Waals surface area contributed by atoms with Crippen molar-refractivity contribution in [3.8, 4) is 5.75 Å². The molecule has 0 aromatic heterocycles. The molecular formula is C26H44BrNO5Si. The van der Waals surface area contributed by atoms with Crippen LogP contribution < -0.4 is 4.74 Å². The lowest BCUT2D eigenvalue weighted by Gasteiger charge is -2.41. The van der Waals surface area contributed by atoms with E-state index in [2.05, 4.69) is 42.5 Å². The summed E-state index contributed by atoms with van der Waals surface area (Å²) in [4.78, 5) is 14.3. The molecule has 1 aromatic carbocycles. The van der Waals surface area contributed by atoms with Crippen molar-refractivity contribution in [3.63, 3.8) is 0 Å². The number of aryl methyl sites for hydroxylation is 1. The molecule has 0 unspecified atom stereocenters. The maximum atomic E-state index is 12.5. The summed E-state index contributed by atoms with van der Waals surface area (Å²) >= 11 is 3.53. The van der Waals surface area contributed by atoms with Crippen molar-refractivity contribution in [3.05, 3.63) is 28.2 Å². The summed E-state index contributed by atoms with van der Waals surface area (Å²) in [6.07, 6.45) is 3.02. The molecule has 1 heterocycles. The molecule has 6 nitrogen and oxygen atoms in total. The normalized spacial score (nSPS) is 16.4. The molecule has 0 atom stereocenters. The zero-order valence-electron chi connectivity index (χ0n) is 22.2. The topological polar surface area (TPSA) is 57.2 Å². The van der Waals surface area contributed by atoms with E-state index in [0.717, 1.165) is 54.1 Å². The average molecular weight is 559 g/mol. The Balaban J connectivity index is 1.89. The largest absolute Gasteiger partial charge is 0.494 e. The highest BCUT2D eigenvalue weighted by Gasteiger charge is 2.38. The summed E-state index contributed by atoms with van der Waals surface area (Å²) in [6.45, 7) is 17.7. The zero-order chi connectivity index (χ0) is 25.4. The quantitative estimate of drug-likeness (QED) is 0.166. The molecule has 1 saturated heterocycles. The number of carbonyl (C=O) groups is 1. The van der Waals surface area contributed by atoms with E-state index in [0.29, 0.717) is 26.5 Å². The van der Waals surface area contributed by atoms with Gasteiger partial charge in [-0.2, -0.15) is 0 Å². The van der Waals surface area contributed by atoms with E-state index in [1.54, 1.807) is 4.90 Å². The lowest BCUT2D eigenvalue weighted by Crippen LogP contribution is -2.49. The first-order valence-corrected chi connectivity index (χ1v) is 16.9. The monoisotopic (exact) mass is 557 g/mol. The third-order valence-corrected chi connectivity index (χ3v) is 8.54. The van der Waals surface area contributed by atoms with Gasteiger partial charge >= 0.3 is 6.09 Å². The fourth-order valence-electron chi connectivity index (χ4n) is 3.79. The molecule has 0 N–H and O–H groups in total. The van der Waals surface area contributed by atoms with E-state index in [-0.39, 0.29) is 11.7 Å². The van der Waals surface area contributed by atoms with Crippen LogP contribution in [0.15, 0.2) is 22.7 Å². The van der Waals surface area contributed by atoms with Crippen LogP contribution in [0.25, 0.3) is 0 Å². The van der Waals surface area contributed by atoms with Crippen molar-refractivity contribution in [2.45, 2.75) is 90.3 Å². The van der Waals surface area contributed by atoms with Crippen molar-refractivity contribution >= 4 is 30.1 Å². The van der Waals surface area contributed by atoms with Gasteiger partial charge < -0.3 is 23.8 Å². The summed E-state index contributed by atoms with van der Waals surface area (Å²) in [7, 11) is -1.13. The number of nitrogens with zero attached hydrogens (tertiary/aromatic N) is 1. The number of hydrogen-bond donors (Lipinski definition) is 0. The van der Waals surface area contributed by atoms with E-state index >= 15 is 0 Å². The first-order chi connectivity index (χ1) is 15.8. The van der Waals surface area contributed by atoms with Crippen LogP contribution in [0.5, 0.6) is 5.75 Å². The maximum absolute atomic E-state index is 12.5. The van der Waals surface area contributed by atoms with E-state index < -0.39 is 13.7 Å². The summed E-state index contributed by atoms with van der Waals surface area (Å²) in [5.41, 5.74) is 0.355. The van der Waals surface area contributed by atoms with Crippen molar-refractivity contribution in [1.82, 2.24) is 4.90 Å². The molecule has 1 aliphatic rings. The number of halogens is 1. The van der Waals surface area contributed by atoms with Crippen LogP contribution in [0.4, 0.5) is 4.79 Å². The minimum Gasteiger partial charge on any atom is -0.494 e. The van der Waals surface area contributed by atoms with Crippen molar-refractivity contribution in [2.24, 2.45) is 0 Å². The van der Waals surface area contributed by atoms with Gasteiger partial charge in [0, 0.05) is 32.2 Å². The second-order valence-corrected chi connectivity index (χ2v) is 18.0. The Hall–Kier alpha value is -1.09. The number of carbonyl (C=O) groups excluding carboxylic acids is 1. The second-order valence-electron chi connectivity index (χ2n) is 11.5. The van der Waals surface area contributed by atoms with Crippen LogP contribution in [0.3, 0.4) is 0 Å². The highest BCUT2D eigenvalue weighted by molar-refractivity contribution is 9.10. The molecule has 34 heavy (non-hydrogen) atoms. The Labute approximate surface area is 215 Å². The minimum atomic E-state index is -1.13. The smallest absolute Gasteiger partial charge is 0.410 e. The van der Waals surface area contributed by atoms with Gasteiger partial charge in [0.2, 0.25) is 0 Å². The first kappa shape index (κ1) is 29.1. The lowest BCUT2D eigenvalue weighted by atomic mass is 9.87. The van der Waals surface area contributed by atoms with Gasteiger partial charge in [-0.1, -0.05) is 35.6 Å². The fourth-order valence-corrected chi connectivity index (χ4v) is 4.79. The van der Waals surface area contributed by atoms with Crippen LogP contribution in [0, 0.1) is 6.92 Å². The van der Waals surface area contributed by atoms with Crippen molar-refractivity contribution in [1.29, 1.82) is 0 Å². The fraction of sp³-hybridized carbons (Fsp3) is 0.731. The van der Waals surface area contributed by atoms with Gasteiger partial charge in [-0.15, -0.1) is 0 Å². The number of amides is 1. The SMILES string of the molecule is Cc1cc(OCCCC2(OCOCC[Si](C)(C)C)CCN(C(=O)OC(C)(C)C)CC2)ccc1Br. The third kappa shape index (κ3) is 10.7. The van der Waals surface area contributed by atoms with E-state index in [4.69, 9.17) is 18.9 Å². The standard InChI is InChI=1S/C26H44BrNO5Si/c1-21-19-22(9-10-23(21)27)31-16-8-11-26(32-20-30-17-18-34(5,6)7)12-14-28(15-13-26)24(29)33-25(2,3)4/h9-10,19H,8,11-18,20H2,1-7H3. The molecule has 1 fully saturated rings. The van der Waals surface area contributed by atoms with E-state index in [1.165, 1.54) is 0 Å². The zero-order valence-corrected chi connectivity index (χ0v) is 24.8. The number of likely N-dealkylation sites (tertiary alicyclic amines) is 1. The van der Waals surface area contributed by atoms with E-state index in [1.807, 2.05) is 39.0 Å². The molecular weight excluding hydrogens is 514 g/mol. The number of piperidine rings is 1. The number of ether oxygens (including phenoxy) is 4. The average Bonchev–Trinajstić information content (AvgIpc) is 2.72. The van der Waals surface area contributed by atoms with Gasteiger partial charge in [0.05, 0.1) is 12.2 Å². The molecule has 1 aromatic rings. The van der Waals surface area contributed by atoms with E-state index in [9.17, 15) is 4.79 Å². The molecule has 1 amide bonds. The highest BCUT2D eigenvalue weighted by atomic mass is 79.9. The molecule has 2 rings (SSSR count). The molecule has 1 aliphatic heterocycles. The molecule has 0 bridgehead atoms. The number of benzene rings is 1. The van der Waals surface area contributed by atoms with Crippen LogP contribution in [-0.2, 0) is 14.2 Å². The van der Waals surface area contributed by atoms with Gasteiger partial charge in [0.25, 0.3) is 0 Å². The predicted molar refractivity (Wildman–Crippen MR) is 143 cm³/mol. The van der Waals surface area contributed by atoms with Crippen LogP contribution in [0.1, 0.15) is 52.0 Å². The van der Waals surface area contributed by atoms with Crippen LogP contribution in [-0.4, -0.2) is 63.4 Å². The van der Waals surface area contributed by atoms with Crippen LogP contribution >= 0.6 is 15.9 Å². The molecule has 0 radical (unpaired) electrons. The first-order valence-electron chi connectivity index (χ1n) is 12.4. The maximum Gasteiger partial charge on any atom is 0.410 e. The Bertz CT molecular complexity index is 782. The Kier molecular flexibility index (Phi) is 10.9. The van der Waals surface area contributed by atoms with Gasteiger partial charge in [-0.05, 0) is 83.2 Å². The lowest BCUT2D eigenvalue weighted by molar-refractivity contribution is -0.162. The summed E-state index contributed by atoms with van der Waals surface area (Å²) in [6, 6.07) is 7.16. The minimum absolute atomic E-state index is 0.249. The molecule has 0 saturated carbocycles. The number of hydrogen-bond acceptors (Lipinski definition) is 5. The Morgan fingerprint density at radius 3 is 2.41 bits per heavy atom. The van der Waals surface area contributed by atoms with Gasteiger partial charge in [-0.3, -0.25) is 0 Å². The van der Waals surface area contributed by atoms with Gasteiger partial charge in [0.1, 0.15) is 18.1 Å². The second kappa shape index (κ2) is 12.7. The summed E-state index contributed by atoms with van der Waals surface area (Å²) in [5.74, 6) is 0.880.